The molecule has 0 saturated heterocycles. The van der Waals surface area contributed by atoms with Gasteiger partial charge in [-0.2, -0.15) is 0 Å². The van der Waals surface area contributed by atoms with E-state index in [1.807, 2.05) is 0 Å². The number of unbranched alkanes of at least 4 members (excludes halogenated alkanes) is 1. The van der Waals surface area contributed by atoms with Crippen molar-refractivity contribution in [3.8, 4) is 0 Å². The van der Waals surface area contributed by atoms with Crippen molar-refractivity contribution in [2.45, 2.75) is 51.9 Å². The summed E-state index contributed by atoms with van der Waals surface area (Å²) in [6, 6.07) is 0. The molecule has 0 radical (unpaired) electrons. The molecule has 1 fully saturated rings. The molecule has 0 amide bonds. The quantitative estimate of drug-likeness (QED) is 0.703. The van der Waals surface area contributed by atoms with Crippen molar-refractivity contribution >= 4 is 17.0 Å². The first-order chi connectivity index (χ1) is 5.85. The van der Waals surface area contributed by atoms with Crippen molar-refractivity contribution in [3.63, 3.8) is 0 Å². The Morgan fingerprint density at radius 3 is 2.17 bits per heavy atom. The van der Waals surface area contributed by atoms with E-state index < -0.39 is 20.8 Å². The van der Waals surface area contributed by atoms with Crippen LogP contribution in [0.3, 0.4) is 0 Å². The van der Waals surface area contributed by atoms with Crippen LogP contribution in [0.1, 0.15) is 51.9 Å². The van der Waals surface area contributed by atoms with Gasteiger partial charge in [-0.3, -0.25) is 0 Å². The van der Waals surface area contributed by atoms with Crippen LogP contribution in [-0.4, -0.2) is 0 Å². The number of halogens is 2. The molecule has 0 N–H and O–H groups in total. The van der Waals surface area contributed by atoms with Gasteiger partial charge in [0.2, 0.25) is 0 Å². The summed E-state index contributed by atoms with van der Waals surface area (Å²) in [6.07, 6.45) is 10.4. The Kier molecular flexibility index (Phi) is 11.8. The summed E-state index contributed by atoms with van der Waals surface area (Å²) in [5.74, 6) is 1.12. The Morgan fingerprint density at radius 2 is 1.75 bits per heavy atom. The van der Waals surface area contributed by atoms with Crippen molar-refractivity contribution in [3.05, 3.63) is 0 Å². The second kappa shape index (κ2) is 10.5. The van der Waals surface area contributed by atoms with Gasteiger partial charge in [-0.15, -0.1) is 0 Å². The fourth-order valence-electron chi connectivity index (χ4n) is 1.79. The topological polar surface area (TPSA) is 0 Å². The molecule has 1 saturated carbocycles. The molecular formula is C9H18Cl2Zr. The first-order valence-corrected chi connectivity index (χ1v) is 11.1. The molecular weight excluding hydrogens is 270 g/mol. The molecule has 0 aromatic heterocycles. The van der Waals surface area contributed by atoms with Crippen LogP contribution in [0.15, 0.2) is 0 Å². The molecule has 1 aliphatic carbocycles. The van der Waals surface area contributed by atoms with E-state index in [4.69, 9.17) is 17.0 Å². The van der Waals surface area contributed by atoms with Crippen molar-refractivity contribution in [2.75, 3.05) is 0 Å². The van der Waals surface area contributed by atoms with E-state index >= 15 is 0 Å². The van der Waals surface area contributed by atoms with Gasteiger partial charge in [0.15, 0.2) is 0 Å². The fraction of sp³-hybridized carbons (Fsp3) is 1.00. The van der Waals surface area contributed by atoms with Gasteiger partial charge < -0.3 is 0 Å². The standard InChI is InChI=1S/C9H18.2ClH.Zr/c1-2-3-6-9-7-4-5-8-9;;;/h9H,2-8H2,1H3;2*1H;/q;;;+2/p-2. The van der Waals surface area contributed by atoms with Crippen LogP contribution < -0.4 is 0 Å². The molecule has 0 bridgehead atoms. The van der Waals surface area contributed by atoms with Crippen LogP contribution in [0.25, 0.3) is 0 Å². The van der Waals surface area contributed by atoms with E-state index in [2.05, 4.69) is 6.92 Å². The third kappa shape index (κ3) is 8.08. The SMILES string of the molecule is CCCCC1CCCC1.[Cl][Zr][Cl]. The van der Waals surface area contributed by atoms with E-state index in [-0.39, 0.29) is 0 Å². The predicted molar refractivity (Wildman–Crippen MR) is 53.2 cm³/mol. The molecule has 0 aliphatic heterocycles. The molecule has 1 aliphatic rings. The fourth-order valence-corrected chi connectivity index (χ4v) is 1.79. The Hall–Kier alpha value is 1.46. The normalized spacial score (nSPS) is 16.9. The zero-order valence-corrected chi connectivity index (χ0v) is 11.8. The van der Waals surface area contributed by atoms with Gasteiger partial charge >= 0.3 is 37.9 Å². The van der Waals surface area contributed by atoms with Crippen molar-refractivity contribution in [2.24, 2.45) is 5.92 Å². The molecule has 0 aromatic carbocycles. The molecule has 1 rings (SSSR count). The van der Waals surface area contributed by atoms with Gasteiger partial charge in [0.1, 0.15) is 0 Å². The van der Waals surface area contributed by atoms with Crippen LogP contribution in [0.2, 0.25) is 0 Å². The van der Waals surface area contributed by atoms with Gasteiger partial charge in [-0.25, -0.2) is 0 Å². The maximum atomic E-state index is 4.93. The zero-order valence-electron chi connectivity index (χ0n) is 7.78. The minimum absolute atomic E-state index is 0.826. The number of hydrogen-bond donors (Lipinski definition) is 0. The van der Waals surface area contributed by atoms with E-state index in [0.717, 1.165) is 5.92 Å². The molecule has 0 heterocycles. The van der Waals surface area contributed by atoms with E-state index in [0.29, 0.717) is 0 Å². The summed E-state index contributed by atoms with van der Waals surface area (Å²) in [4.78, 5) is 0. The van der Waals surface area contributed by atoms with E-state index in [1.54, 1.807) is 0 Å². The molecule has 72 valence electrons. The third-order valence-corrected chi connectivity index (χ3v) is 2.44. The molecule has 0 unspecified atom stereocenters. The second-order valence-electron chi connectivity index (χ2n) is 3.36. The Balaban J connectivity index is 0.000000354. The molecule has 0 atom stereocenters. The van der Waals surface area contributed by atoms with Gasteiger partial charge in [-0.05, 0) is 5.92 Å². The molecule has 0 aromatic rings. The molecule has 0 nitrogen and oxygen atoms in total. The summed E-state index contributed by atoms with van der Waals surface area (Å²) >= 11 is -0.826. The molecule has 3 heteroatoms. The zero-order chi connectivity index (χ0) is 9.23. The second-order valence-corrected chi connectivity index (χ2v) is 7.10. The first kappa shape index (κ1) is 13.5. The average Bonchev–Trinajstić information content (AvgIpc) is 2.54. The molecule has 0 spiro atoms. The summed E-state index contributed by atoms with van der Waals surface area (Å²) in [6.45, 7) is 2.29. The minimum atomic E-state index is -0.826. The summed E-state index contributed by atoms with van der Waals surface area (Å²) in [5.41, 5.74) is 0. The van der Waals surface area contributed by atoms with Crippen molar-refractivity contribution in [1.82, 2.24) is 0 Å². The van der Waals surface area contributed by atoms with Gasteiger partial charge in [0, 0.05) is 0 Å². The monoisotopic (exact) mass is 286 g/mol. The first-order valence-electron chi connectivity index (χ1n) is 4.81. The summed E-state index contributed by atoms with van der Waals surface area (Å²) in [7, 11) is 9.87. The Bertz CT molecular complexity index is 82.6. The molecule has 12 heavy (non-hydrogen) atoms. The van der Waals surface area contributed by atoms with Gasteiger partial charge in [-0.1, -0.05) is 51.9 Å². The third-order valence-electron chi connectivity index (χ3n) is 2.44. The number of rotatable bonds is 3. The number of hydrogen-bond acceptors (Lipinski definition) is 0. The predicted octanol–water partition coefficient (Wildman–Crippen LogP) is 4.74. The maximum absolute atomic E-state index is 4.93. The van der Waals surface area contributed by atoms with Gasteiger partial charge in [0.05, 0.1) is 0 Å². The summed E-state index contributed by atoms with van der Waals surface area (Å²) in [5, 5.41) is 0. The van der Waals surface area contributed by atoms with Crippen LogP contribution in [0, 0.1) is 5.92 Å². The van der Waals surface area contributed by atoms with Crippen LogP contribution in [0.5, 0.6) is 0 Å². The average molecular weight is 288 g/mol. The summed E-state index contributed by atoms with van der Waals surface area (Å²) < 4.78 is 0. The Morgan fingerprint density at radius 1 is 1.25 bits per heavy atom. The Labute approximate surface area is 95.1 Å². The van der Waals surface area contributed by atoms with Crippen molar-refractivity contribution < 1.29 is 20.8 Å². The van der Waals surface area contributed by atoms with Gasteiger partial charge in [0.25, 0.3) is 0 Å². The van der Waals surface area contributed by atoms with E-state index in [9.17, 15) is 0 Å². The van der Waals surface area contributed by atoms with Crippen molar-refractivity contribution in [1.29, 1.82) is 0 Å². The van der Waals surface area contributed by atoms with Crippen LogP contribution in [-0.2, 0) is 20.8 Å². The van der Waals surface area contributed by atoms with Crippen LogP contribution in [0.4, 0.5) is 0 Å². The van der Waals surface area contributed by atoms with Crippen LogP contribution >= 0.6 is 17.0 Å². The van der Waals surface area contributed by atoms with E-state index in [1.165, 1.54) is 44.9 Å².